The fourth-order valence-corrected chi connectivity index (χ4v) is 3.27. The van der Waals surface area contributed by atoms with Crippen molar-refractivity contribution in [3.63, 3.8) is 0 Å². The van der Waals surface area contributed by atoms with Gasteiger partial charge in [-0.2, -0.15) is 0 Å². The van der Waals surface area contributed by atoms with Crippen LogP contribution >= 0.6 is 0 Å². The van der Waals surface area contributed by atoms with Gasteiger partial charge in [-0.3, -0.25) is 19.5 Å². The van der Waals surface area contributed by atoms with E-state index in [0.717, 1.165) is 11.3 Å². The largest absolute Gasteiger partial charge is 0.464 e. The van der Waals surface area contributed by atoms with Crippen LogP contribution in [0.1, 0.15) is 22.4 Å². The van der Waals surface area contributed by atoms with Crippen LogP contribution < -0.4 is 16.7 Å². The SMILES string of the molecule is Cc1ccc2occ(CN3CCc4nc(N)[nH]c(=O)c4C3)c(=O)c2c1. The molecule has 0 spiro atoms. The van der Waals surface area contributed by atoms with Crippen LogP contribution in [0.4, 0.5) is 5.95 Å². The number of fused-ring (bicyclic) bond motifs is 2. The van der Waals surface area contributed by atoms with E-state index in [1.807, 2.05) is 30.0 Å². The van der Waals surface area contributed by atoms with Crippen LogP contribution in [0.2, 0.25) is 0 Å². The Bertz CT molecular complexity index is 1080. The highest BCUT2D eigenvalue weighted by molar-refractivity contribution is 5.77. The van der Waals surface area contributed by atoms with Gasteiger partial charge in [-0.25, -0.2) is 4.98 Å². The number of rotatable bonds is 2. The van der Waals surface area contributed by atoms with E-state index >= 15 is 0 Å². The lowest BCUT2D eigenvalue weighted by Crippen LogP contribution is -2.36. The van der Waals surface area contributed by atoms with Crippen molar-refractivity contribution in [3.8, 4) is 0 Å². The Hall–Kier alpha value is -2.93. The quantitative estimate of drug-likeness (QED) is 0.730. The molecule has 0 saturated heterocycles. The minimum absolute atomic E-state index is 0.0277. The van der Waals surface area contributed by atoms with E-state index in [1.165, 1.54) is 6.26 Å². The Labute approximate surface area is 143 Å². The Morgan fingerprint density at radius 1 is 1.36 bits per heavy atom. The van der Waals surface area contributed by atoms with Gasteiger partial charge in [0.1, 0.15) is 5.58 Å². The van der Waals surface area contributed by atoms with E-state index in [2.05, 4.69) is 9.97 Å². The molecule has 2 aromatic heterocycles. The van der Waals surface area contributed by atoms with Crippen molar-refractivity contribution in [2.75, 3.05) is 12.3 Å². The molecule has 0 amide bonds. The number of anilines is 1. The van der Waals surface area contributed by atoms with Crippen LogP contribution in [0.25, 0.3) is 11.0 Å². The van der Waals surface area contributed by atoms with Crippen molar-refractivity contribution in [3.05, 3.63) is 67.4 Å². The van der Waals surface area contributed by atoms with Gasteiger partial charge in [-0.1, -0.05) is 11.6 Å². The summed E-state index contributed by atoms with van der Waals surface area (Å²) in [5, 5.41) is 0.585. The molecule has 1 aromatic carbocycles. The average Bonchev–Trinajstić information content (AvgIpc) is 2.58. The van der Waals surface area contributed by atoms with Crippen LogP contribution in [0.15, 0.2) is 38.5 Å². The standard InChI is InChI=1S/C18H18N4O3/c1-10-2-3-15-12(6-10)16(23)11(9-25-15)7-22-5-4-14-13(8-22)17(24)21-18(19)20-14/h2-3,6,9H,4-5,7-8H2,1H3,(H3,19,20,21,24). The monoisotopic (exact) mass is 338 g/mol. The molecule has 1 aliphatic rings. The average molecular weight is 338 g/mol. The summed E-state index contributed by atoms with van der Waals surface area (Å²) in [6, 6.07) is 5.56. The maximum absolute atomic E-state index is 12.7. The van der Waals surface area contributed by atoms with E-state index in [1.54, 1.807) is 0 Å². The Morgan fingerprint density at radius 3 is 3.04 bits per heavy atom. The molecule has 0 unspecified atom stereocenters. The molecule has 3 N–H and O–H groups in total. The number of hydrogen-bond acceptors (Lipinski definition) is 6. The number of nitrogens with zero attached hydrogens (tertiary/aromatic N) is 2. The van der Waals surface area contributed by atoms with Crippen molar-refractivity contribution in [2.24, 2.45) is 0 Å². The summed E-state index contributed by atoms with van der Waals surface area (Å²) >= 11 is 0. The highest BCUT2D eigenvalue weighted by Crippen LogP contribution is 2.18. The molecule has 1 aliphatic heterocycles. The van der Waals surface area contributed by atoms with Crippen molar-refractivity contribution in [1.82, 2.24) is 14.9 Å². The van der Waals surface area contributed by atoms with Gasteiger partial charge in [0.25, 0.3) is 5.56 Å². The molecule has 0 atom stereocenters. The van der Waals surface area contributed by atoms with Gasteiger partial charge in [0.2, 0.25) is 5.95 Å². The zero-order valence-electron chi connectivity index (χ0n) is 13.8. The van der Waals surface area contributed by atoms with Gasteiger partial charge in [0.15, 0.2) is 5.43 Å². The number of benzene rings is 1. The van der Waals surface area contributed by atoms with Gasteiger partial charge in [0, 0.05) is 31.6 Å². The number of nitrogens with one attached hydrogen (secondary N) is 1. The molecule has 0 fully saturated rings. The summed E-state index contributed by atoms with van der Waals surface area (Å²) in [4.78, 5) is 33.6. The van der Waals surface area contributed by atoms with Crippen LogP contribution in [0.3, 0.4) is 0 Å². The third-order valence-corrected chi connectivity index (χ3v) is 4.56. The molecular weight excluding hydrogens is 320 g/mol. The molecule has 3 heterocycles. The number of aromatic amines is 1. The first-order valence-electron chi connectivity index (χ1n) is 8.12. The second-order valence-corrected chi connectivity index (χ2v) is 6.43. The molecule has 7 heteroatoms. The second kappa shape index (κ2) is 5.86. The van der Waals surface area contributed by atoms with Crippen molar-refractivity contribution >= 4 is 16.9 Å². The fraction of sp³-hybridized carbons (Fsp3) is 0.278. The molecule has 0 bridgehead atoms. The lowest BCUT2D eigenvalue weighted by molar-refractivity contribution is 0.239. The van der Waals surface area contributed by atoms with Crippen molar-refractivity contribution in [2.45, 2.75) is 26.4 Å². The summed E-state index contributed by atoms with van der Waals surface area (Å²) in [7, 11) is 0. The summed E-state index contributed by atoms with van der Waals surface area (Å²) in [5.74, 6) is 0.141. The maximum atomic E-state index is 12.7. The minimum atomic E-state index is -0.214. The fourth-order valence-electron chi connectivity index (χ4n) is 3.27. The summed E-state index contributed by atoms with van der Waals surface area (Å²) in [5.41, 5.74) is 8.88. The van der Waals surface area contributed by atoms with E-state index in [0.29, 0.717) is 48.2 Å². The number of aryl methyl sites for hydroxylation is 1. The molecule has 128 valence electrons. The predicted molar refractivity (Wildman–Crippen MR) is 94.3 cm³/mol. The van der Waals surface area contributed by atoms with Crippen LogP contribution in [0.5, 0.6) is 0 Å². The first-order valence-corrected chi connectivity index (χ1v) is 8.12. The molecule has 0 saturated carbocycles. The molecule has 7 nitrogen and oxygen atoms in total. The molecule has 0 radical (unpaired) electrons. The van der Waals surface area contributed by atoms with E-state index < -0.39 is 0 Å². The lowest BCUT2D eigenvalue weighted by Gasteiger charge is -2.27. The Morgan fingerprint density at radius 2 is 2.20 bits per heavy atom. The van der Waals surface area contributed by atoms with Gasteiger partial charge < -0.3 is 10.2 Å². The number of aromatic nitrogens is 2. The first kappa shape index (κ1) is 15.6. The summed E-state index contributed by atoms with van der Waals surface area (Å²) in [6.07, 6.45) is 2.14. The summed E-state index contributed by atoms with van der Waals surface area (Å²) in [6.45, 7) is 3.50. The van der Waals surface area contributed by atoms with Gasteiger partial charge in [-0.15, -0.1) is 0 Å². The van der Waals surface area contributed by atoms with Gasteiger partial charge >= 0.3 is 0 Å². The third-order valence-electron chi connectivity index (χ3n) is 4.56. The molecule has 0 aliphatic carbocycles. The Kier molecular flexibility index (Phi) is 3.65. The Balaban J connectivity index is 1.65. The third kappa shape index (κ3) is 2.83. The molecule has 4 rings (SSSR count). The van der Waals surface area contributed by atoms with E-state index in [4.69, 9.17) is 10.2 Å². The number of H-pyrrole nitrogens is 1. The lowest BCUT2D eigenvalue weighted by atomic mass is 10.1. The molecular formula is C18H18N4O3. The van der Waals surface area contributed by atoms with Crippen LogP contribution in [-0.2, 0) is 19.5 Å². The highest BCUT2D eigenvalue weighted by atomic mass is 16.3. The maximum Gasteiger partial charge on any atom is 0.257 e. The van der Waals surface area contributed by atoms with Crippen molar-refractivity contribution in [1.29, 1.82) is 0 Å². The molecule has 3 aromatic rings. The topological polar surface area (TPSA) is 105 Å². The van der Waals surface area contributed by atoms with Gasteiger partial charge in [-0.05, 0) is 19.1 Å². The zero-order valence-corrected chi connectivity index (χ0v) is 13.8. The minimum Gasteiger partial charge on any atom is -0.464 e. The predicted octanol–water partition coefficient (Wildman–Crippen LogP) is 1.33. The number of nitrogens with two attached hydrogens (primary N) is 1. The zero-order chi connectivity index (χ0) is 17.6. The van der Waals surface area contributed by atoms with Crippen LogP contribution in [0, 0.1) is 6.92 Å². The highest BCUT2D eigenvalue weighted by Gasteiger charge is 2.22. The van der Waals surface area contributed by atoms with E-state index in [9.17, 15) is 9.59 Å². The first-order chi connectivity index (χ1) is 12.0. The van der Waals surface area contributed by atoms with E-state index in [-0.39, 0.29) is 16.9 Å². The number of hydrogen-bond donors (Lipinski definition) is 2. The number of nitrogen functional groups attached to an aromatic ring is 1. The summed E-state index contributed by atoms with van der Waals surface area (Å²) < 4.78 is 5.61. The smallest absolute Gasteiger partial charge is 0.257 e. The normalized spacial score (nSPS) is 14.6. The second-order valence-electron chi connectivity index (χ2n) is 6.43. The van der Waals surface area contributed by atoms with Gasteiger partial charge in [0.05, 0.1) is 22.9 Å². The van der Waals surface area contributed by atoms with Crippen molar-refractivity contribution < 1.29 is 4.42 Å². The van der Waals surface area contributed by atoms with Crippen LogP contribution in [-0.4, -0.2) is 21.4 Å². The molecule has 25 heavy (non-hydrogen) atoms.